The van der Waals surface area contributed by atoms with Crippen LogP contribution in [-0.4, -0.2) is 65.3 Å². The Morgan fingerprint density at radius 2 is 1.91 bits per heavy atom. The van der Waals surface area contributed by atoms with E-state index >= 15 is 0 Å². The molecule has 0 aliphatic carbocycles. The first kappa shape index (κ1) is 22.3. The van der Waals surface area contributed by atoms with Crippen LogP contribution >= 0.6 is 0 Å². The van der Waals surface area contributed by atoms with Crippen molar-refractivity contribution in [3.8, 4) is 22.6 Å². The number of hydrogen-bond acceptors (Lipinski definition) is 6. The molecule has 5 heterocycles. The molecule has 0 amide bonds. The molecule has 178 valence electrons. The summed E-state index contributed by atoms with van der Waals surface area (Å²) in [6.07, 6.45) is 11.8. The molecule has 5 rings (SSSR count). The number of halogens is 3. The van der Waals surface area contributed by atoms with Crippen molar-refractivity contribution in [1.29, 1.82) is 0 Å². The molecule has 0 saturated carbocycles. The van der Waals surface area contributed by atoms with Crippen LogP contribution in [0.25, 0.3) is 28.3 Å². The lowest BCUT2D eigenvalue weighted by atomic mass is 9.88. The Balaban J connectivity index is 1.53. The van der Waals surface area contributed by atoms with Crippen LogP contribution in [0.2, 0.25) is 0 Å². The number of allylic oxidation sites excluding steroid dienone is 1. The molecule has 0 atom stereocenters. The first-order chi connectivity index (χ1) is 16.0. The normalized spacial score (nSPS) is 16.6. The van der Waals surface area contributed by atoms with Gasteiger partial charge in [-0.25, -0.2) is 18.4 Å². The maximum atomic E-state index is 13.0. The van der Waals surface area contributed by atoms with Crippen LogP contribution < -0.4 is 0 Å². The van der Waals surface area contributed by atoms with Crippen LogP contribution in [0, 0.1) is 0 Å². The van der Waals surface area contributed by atoms with Crippen molar-refractivity contribution in [2.24, 2.45) is 7.05 Å². The van der Waals surface area contributed by atoms with Crippen molar-refractivity contribution < 1.29 is 21.6 Å². The molecular weight excluding hydrogens is 473 g/mol. The van der Waals surface area contributed by atoms with Gasteiger partial charge >= 0.3 is 15.5 Å². The number of rotatable bonds is 6. The smallest absolute Gasteiger partial charge is 0.284 e. The molecule has 0 bridgehead atoms. The zero-order chi connectivity index (χ0) is 24.3. The second kappa shape index (κ2) is 7.50. The number of hydrogen-bond donors (Lipinski definition) is 0. The minimum Gasteiger partial charge on any atom is -0.284 e. The Labute approximate surface area is 192 Å². The fraction of sp³-hybridized carbons (Fsp3) is 0.300. The highest BCUT2D eigenvalue weighted by Crippen LogP contribution is 2.40. The summed E-state index contributed by atoms with van der Waals surface area (Å²) in [4.78, 5) is 9.09. The molecule has 1 fully saturated rings. The predicted octanol–water partition coefficient (Wildman–Crippen LogP) is 2.43. The van der Waals surface area contributed by atoms with Crippen molar-refractivity contribution in [1.82, 2.24) is 38.2 Å². The van der Waals surface area contributed by atoms with Crippen LogP contribution in [0.3, 0.4) is 0 Å². The van der Waals surface area contributed by atoms with Crippen LogP contribution in [-0.2, 0) is 22.6 Å². The molecule has 1 aliphatic rings. The molecule has 1 aliphatic heterocycles. The molecule has 34 heavy (non-hydrogen) atoms. The fourth-order valence-corrected chi connectivity index (χ4v) is 5.20. The first-order valence-electron chi connectivity index (χ1n) is 10.1. The zero-order valence-electron chi connectivity index (χ0n) is 17.9. The number of alkyl halides is 3. The molecule has 0 unspecified atom stereocenters. The Kier molecular flexibility index (Phi) is 4.91. The van der Waals surface area contributed by atoms with E-state index in [1.165, 1.54) is 10.8 Å². The summed E-state index contributed by atoms with van der Waals surface area (Å²) in [6.45, 7) is 2.93. The van der Waals surface area contributed by atoms with Crippen LogP contribution in [0.15, 0.2) is 55.9 Å². The Bertz CT molecular complexity index is 1500. The topological polar surface area (TPSA) is 103 Å². The van der Waals surface area contributed by atoms with Gasteiger partial charge in [-0.3, -0.25) is 13.8 Å². The van der Waals surface area contributed by atoms with Gasteiger partial charge in [-0.1, -0.05) is 6.08 Å². The number of nitrogens with zero attached hydrogens (tertiary/aromatic N) is 8. The molecule has 4 aromatic heterocycles. The van der Waals surface area contributed by atoms with E-state index in [4.69, 9.17) is 4.98 Å². The number of sulfonamides is 1. The molecule has 4 aromatic rings. The van der Waals surface area contributed by atoms with Gasteiger partial charge in [-0.2, -0.15) is 27.7 Å². The first-order valence-corrected chi connectivity index (χ1v) is 11.5. The zero-order valence-corrected chi connectivity index (χ0v) is 18.7. The van der Waals surface area contributed by atoms with Gasteiger partial charge in [-0.15, -0.1) is 6.58 Å². The fourth-order valence-electron chi connectivity index (χ4n) is 4.09. The molecule has 0 N–H and O–H groups in total. The van der Waals surface area contributed by atoms with Gasteiger partial charge in [0.15, 0.2) is 0 Å². The number of fused-ring (bicyclic) bond motifs is 1. The van der Waals surface area contributed by atoms with E-state index in [1.807, 2.05) is 12.3 Å². The Hall–Kier alpha value is -3.52. The van der Waals surface area contributed by atoms with Crippen molar-refractivity contribution in [2.45, 2.75) is 17.5 Å². The van der Waals surface area contributed by atoms with Gasteiger partial charge < -0.3 is 0 Å². The van der Waals surface area contributed by atoms with Crippen molar-refractivity contribution in [2.75, 3.05) is 13.1 Å². The Morgan fingerprint density at radius 1 is 1.18 bits per heavy atom. The minimum atomic E-state index is -5.41. The molecule has 0 spiro atoms. The summed E-state index contributed by atoms with van der Waals surface area (Å²) in [5.74, 6) is 0.521. The van der Waals surface area contributed by atoms with Crippen molar-refractivity contribution >= 4 is 15.7 Å². The molecular formula is C20H19F3N8O2S. The lowest BCUT2D eigenvalue weighted by Crippen LogP contribution is -2.65. The van der Waals surface area contributed by atoms with E-state index in [-0.39, 0.29) is 19.5 Å². The third-order valence-corrected chi connectivity index (χ3v) is 7.34. The third kappa shape index (κ3) is 3.40. The lowest BCUT2D eigenvalue weighted by molar-refractivity contribution is -0.0566. The monoisotopic (exact) mass is 492 g/mol. The Morgan fingerprint density at radius 3 is 2.56 bits per heavy atom. The van der Waals surface area contributed by atoms with E-state index in [1.54, 1.807) is 47.1 Å². The van der Waals surface area contributed by atoms with Crippen LogP contribution in [0.5, 0.6) is 0 Å². The predicted molar refractivity (Wildman–Crippen MR) is 116 cm³/mol. The maximum absolute atomic E-state index is 13.0. The van der Waals surface area contributed by atoms with Crippen molar-refractivity contribution in [3.05, 3.63) is 55.9 Å². The molecule has 10 nitrogen and oxygen atoms in total. The highest BCUT2D eigenvalue weighted by Gasteiger charge is 2.58. The van der Waals surface area contributed by atoms with Gasteiger partial charge in [-0.05, 0) is 6.42 Å². The minimum absolute atomic E-state index is 0.238. The van der Waals surface area contributed by atoms with Gasteiger partial charge in [0.25, 0.3) is 0 Å². The number of aryl methyl sites for hydroxylation is 1. The quantitative estimate of drug-likeness (QED) is 0.383. The highest BCUT2D eigenvalue weighted by molar-refractivity contribution is 7.90. The molecule has 14 heteroatoms. The number of imidazole rings is 1. The summed E-state index contributed by atoms with van der Waals surface area (Å²) in [6, 6.07) is 1.82. The van der Waals surface area contributed by atoms with Crippen LogP contribution in [0.1, 0.15) is 6.42 Å². The second-order valence-electron chi connectivity index (χ2n) is 8.13. The third-order valence-electron chi connectivity index (χ3n) is 5.82. The van der Waals surface area contributed by atoms with E-state index in [0.29, 0.717) is 27.0 Å². The average molecular weight is 492 g/mol. The summed E-state index contributed by atoms with van der Waals surface area (Å²) in [5.41, 5.74) is -3.67. The van der Waals surface area contributed by atoms with Crippen LogP contribution in [0.4, 0.5) is 13.2 Å². The summed E-state index contributed by atoms with van der Waals surface area (Å²) in [5, 5.41) is 8.53. The van der Waals surface area contributed by atoms with Gasteiger partial charge in [0, 0.05) is 56.6 Å². The average Bonchev–Trinajstić information content (AvgIpc) is 3.49. The second-order valence-corrected chi connectivity index (χ2v) is 10.1. The van der Waals surface area contributed by atoms with Gasteiger partial charge in [0.2, 0.25) is 0 Å². The van der Waals surface area contributed by atoms with E-state index in [0.717, 1.165) is 5.56 Å². The molecule has 1 saturated heterocycles. The summed E-state index contributed by atoms with van der Waals surface area (Å²) in [7, 11) is -3.62. The van der Waals surface area contributed by atoms with E-state index < -0.39 is 21.1 Å². The van der Waals surface area contributed by atoms with Gasteiger partial charge in [0.05, 0.1) is 29.2 Å². The molecule has 0 aromatic carbocycles. The van der Waals surface area contributed by atoms with Crippen molar-refractivity contribution in [3.63, 3.8) is 0 Å². The van der Waals surface area contributed by atoms with E-state index in [9.17, 15) is 21.6 Å². The lowest BCUT2D eigenvalue weighted by Gasteiger charge is -2.48. The summed E-state index contributed by atoms with van der Waals surface area (Å²) < 4.78 is 67.8. The maximum Gasteiger partial charge on any atom is 0.511 e. The summed E-state index contributed by atoms with van der Waals surface area (Å²) >= 11 is 0. The molecule has 0 radical (unpaired) electrons. The largest absolute Gasteiger partial charge is 0.511 e. The number of aromatic nitrogens is 7. The standard InChI is InChI=1S/C20H19F3N8O2S/c1-3-4-19(12-29(13-19)34(32,33)20(21,22)23)31-11-15(9-26-31)18-27-16(14-8-25-28(2)10-14)7-17-24-5-6-30(17)18/h3,5-11H,1,4,12-13H2,2H3. The highest BCUT2D eigenvalue weighted by atomic mass is 32.2. The van der Waals surface area contributed by atoms with Gasteiger partial charge in [0.1, 0.15) is 11.5 Å². The van der Waals surface area contributed by atoms with E-state index in [2.05, 4.69) is 21.8 Å². The SMILES string of the molecule is C=CCC1(n2cc(-c3nc(-c4cnn(C)c4)cc4nccn34)cn2)CN(S(=O)(=O)C(F)(F)F)C1.